The fraction of sp³-hybridized carbons (Fsp3) is 0.214. The first kappa shape index (κ1) is 23.1. The van der Waals surface area contributed by atoms with E-state index < -0.39 is 5.91 Å². The number of rotatable bonds is 6. The van der Waals surface area contributed by atoms with Crippen molar-refractivity contribution in [3.63, 3.8) is 0 Å². The molecule has 6 nitrogen and oxygen atoms in total. The van der Waals surface area contributed by atoms with E-state index in [-0.39, 0.29) is 11.6 Å². The van der Waals surface area contributed by atoms with Gasteiger partial charge in [0.2, 0.25) is 0 Å². The summed E-state index contributed by atoms with van der Waals surface area (Å²) in [4.78, 5) is 30.7. The van der Waals surface area contributed by atoms with Gasteiger partial charge in [-0.2, -0.15) is 0 Å². The normalized spacial score (nSPS) is 13.5. The van der Waals surface area contributed by atoms with Crippen molar-refractivity contribution in [2.45, 2.75) is 20.8 Å². The molecule has 0 spiro atoms. The number of nitrogens with zero attached hydrogens (tertiary/aromatic N) is 2. The molecule has 0 fully saturated rings. The number of carbonyl (C=O) groups is 2. The van der Waals surface area contributed by atoms with Gasteiger partial charge in [0.25, 0.3) is 11.8 Å². The standard InChI is InChI=1S/C28H29N3O3/c1-17-7-14-24(34-6)23(15-17)31-27(32)25(20-9-8-18(2)19(3)16-20)26(28(31)33)29-21-10-12-22(13-11-21)30(4)5/h7-16,29H,1-6H3. The minimum atomic E-state index is -0.418. The Morgan fingerprint density at radius 1 is 0.824 bits per heavy atom. The smallest absolute Gasteiger partial charge is 0.282 e. The Morgan fingerprint density at radius 2 is 1.53 bits per heavy atom. The van der Waals surface area contributed by atoms with Crippen LogP contribution in [0.3, 0.4) is 0 Å². The second-order valence-electron chi connectivity index (χ2n) is 8.74. The molecule has 0 aliphatic carbocycles. The number of benzene rings is 3. The van der Waals surface area contributed by atoms with Gasteiger partial charge in [-0.05, 0) is 79.4 Å². The Kier molecular flexibility index (Phi) is 6.16. The molecule has 1 aliphatic heterocycles. The van der Waals surface area contributed by atoms with E-state index in [1.165, 1.54) is 12.0 Å². The van der Waals surface area contributed by atoms with E-state index in [4.69, 9.17) is 4.74 Å². The summed E-state index contributed by atoms with van der Waals surface area (Å²) in [5.74, 6) is -0.341. The Balaban J connectivity index is 1.84. The number of nitrogens with one attached hydrogen (secondary N) is 1. The maximum atomic E-state index is 13.8. The predicted molar refractivity (Wildman–Crippen MR) is 137 cm³/mol. The van der Waals surface area contributed by atoms with E-state index in [9.17, 15) is 9.59 Å². The van der Waals surface area contributed by atoms with Crippen LogP contribution in [0.15, 0.2) is 66.4 Å². The molecule has 4 rings (SSSR count). The van der Waals surface area contributed by atoms with Crippen LogP contribution in [0, 0.1) is 20.8 Å². The zero-order valence-electron chi connectivity index (χ0n) is 20.4. The van der Waals surface area contributed by atoms with Gasteiger partial charge in [-0.15, -0.1) is 0 Å². The molecule has 2 amide bonds. The lowest BCUT2D eigenvalue weighted by Gasteiger charge is -2.19. The third-order valence-corrected chi connectivity index (χ3v) is 6.11. The fourth-order valence-corrected chi connectivity index (χ4v) is 3.99. The second kappa shape index (κ2) is 9.06. The number of methoxy groups -OCH3 is 1. The van der Waals surface area contributed by atoms with Gasteiger partial charge >= 0.3 is 0 Å². The summed E-state index contributed by atoms with van der Waals surface area (Å²) in [6, 6.07) is 19.0. The lowest BCUT2D eigenvalue weighted by atomic mass is 9.99. The van der Waals surface area contributed by atoms with Crippen LogP contribution in [0.2, 0.25) is 0 Å². The average Bonchev–Trinajstić information content (AvgIpc) is 3.05. The first-order valence-electron chi connectivity index (χ1n) is 11.1. The molecule has 0 atom stereocenters. The van der Waals surface area contributed by atoms with Crippen molar-refractivity contribution in [3.05, 3.63) is 88.6 Å². The van der Waals surface area contributed by atoms with E-state index in [1.807, 2.05) is 88.3 Å². The zero-order chi connectivity index (χ0) is 24.6. The van der Waals surface area contributed by atoms with Crippen LogP contribution < -0.4 is 19.9 Å². The van der Waals surface area contributed by atoms with E-state index >= 15 is 0 Å². The Hall–Kier alpha value is -4.06. The SMILES string of the molecule is COc1ccc(C)cc1N1C(=O)C(Nc2ccc(N(C)C)cc2)=C(c2ccc(C)c(C)c2)C1=O. The quantitative estimate of drug-likeness (QED) is 0.525. The molecule has 1 N–H and O–H groups in total. The van der Waals surface area contributed by atoms with Crippen LogP contribution in [-0.2, 0) is 9.59 Å². The van der Waals surface area contributed by atoms with E-state index in [0.29, 0.717) is 22.6 Å². The summed E-state index contributed by atoms with van der Waals surface area (Å²) in [5, 5.41) is 3.23. The fourth-order valence-electron chi connectivity index (χ4n) is 3.99. The van der Waals surface area contributed by atoms with Crippen LogP contribution in [-0.4, -0.2) is 33.0 Å². The molecular weight excluding hydrogens is 426 g/mol. The van der Waals surface area contributed by atoms with E-state index in [1.54, 1.807) is 12.1 Å². The first-order chi connectivity index (χ1) is 16.2. The molecular formula is C28H29N3O3. The Morgan fingerprint density at radius 3 is 2.15 bits per heavy atom. The van der Waals surface area contributed by atoms with Crippen molar-refractivity contribution < 1.29 is 14.3 Å². The topological polar surface area (TPSA) is 61.9 Å². The highest BCUT2D eigenvalue weighted by Gasteiger charge is 2.41. The van der Waals surface area contributed by atoms with Crippen molar-refractivity contribution in [1.29, 1.82) is 0 Å². The predicted octanol–water partition coefficient (Wildman–Crippen LogP) is 5.08. The number of ether oxygens (including phenoxy) is 1. The lowest BCUT2D eigenvalue weighted by molar-refractivity contribution is -0.120. The van der Waals surface area contributed by atoms with E-state index in [2.05, 4.69) is 5.32 Å². The van der Waals surface area contributed by atoms with Crippen LogP contribution >= 0.6 is 0 Å². The minimum absolute atomic E-state index is 0.245. The van der Waals surface area contributed by atoms with Crippen LogP contribution in [0.1, 0.15) is 22.3 Å². The monoisotopic (exact) mass is 455 g/mol. The van der Waals surface area contributed by atoms with Gasteiger partial charge in [0.1, 0.15) is 11.4 Å². The first-order valence-corrected chi connectivity index (χ1v) is 11.1. The molecule has 0 saturated heterocycles. The third kappa shape index (κ3) is 4.15. The molecule has 0 saturated carbocycles. The van der Waals surface area contributed by atoms with Crippen molar-refractivity contribution in [2.24, 2.45) is 0 Å². The van der Waals surface area contributed by atoms with Crippen molar-refractivity contribution in [1.82, 2.24) is 0 Å². The molecule has 3 aromatic rings. The van der Waals surface area contributed by atoms with Gasteiger partial charge in [-0.3, -0.25) is 9.59 Å². The number of aryl methyl sites for hydroxylation is 3. The molecule has 3 aromatic carbocycles. The van der Waals surface area contributed by atoms with Crippen LogP contribution in [0.5, 0.6) is 5.75 Å². The largest absolute Gasteiger partial charge is 0.495 e. The van der Waals surface area contributed by atoms with Gasteiger partial charge in [-0.25, -0.2) is 4.90 Å². The molecule has 174 valence electrons. The summed E-state index contributed by atoms with van der Waals surface area (Å²) in [7, 11) is 5.46. The summed E-state index contributed by atoms with van der Waals surface area (Å²) < 4.78 is 5.48. The average molecular weight is 456 g/mol. The number of imide groups is 1. The van der Waals surface area contributed by atoms with E-state index in [0.717, 1.165) is 28.1 Å². The highest BCUT2D eigenvalue weighted by atomic mass is 16.5. The molecule has 0 aromatic heterocycles. The van der Waals surface area contributed by atoms with Crippen molar-refractivity contribution in [2.75, 3.05) is 36.3 Å². The number of anilines is 3. The Labute approximate surface area is 200 Å². The number of hydrogen-bond donors (Lipinski definition) is 1. The summed E-state index contributed by atoms with van der Waals surface area (Å²) in [6.45, 7) is 5.93. The summed E-state index contributed by atoms with van der Waals surface area (Å²) in [6.07, 6.45) is 0. The summed E-state index contributed by atoms with van der Waals surface area (Å²) in [5.41, 5.74) is 6.56. The molecule has 0 radical (unpaired) electrons. The number of hydrogen-bond acceptors (Lipinski definition) is 5. The molecule has 0 bridgehead atoms. The van der Waals surface area contributed by atoms with Crippen molar-refractivity contribution >= 4 is 34.4 Å². The highest BCUT2D eigenvalue weighted by molar-refractivity contribution is 6.46. The number of carbonyl (C=O) groups excluding carboxylic acids is 2. The molecule has 34 heavy (non-hydrogen) atoms. The zero-order valence-corrected chi connectivity index (χ0v) is 20.4. The molecule has 6 heteroatoms. The lowest BCUT2D eigenvalue weighted by Crippen LogP contribution is -2.32. The molecule has 1 aliphatic rings. The van der Waals surface area contributed by atoms with Crippen LogP contribution in [0.4, 0.5) is 17.1 Å². The van der Waals surface area contributed by atoms with Gasteiger partial charge < -0.3 is 15.0 Å². The van der Waals surface area contributed by atoms with Crippen LogP contribution in [0.25, 0.3) is 5.57 Å². The van der Waals surface area contributed by atoms with Gasteiger partial charge in [-0.1, -0.05) is 24.3 Å². The maximum absolute atomic E-state index is 13.8. The number of amides is 2. The third-order valence-electron chi connectivity index (χ3n) is 6.11. The second-order valence-corrected chi connectivity index (χ2v) is 8.74. The van der Waals surface area contributed by atoms with Gasteiger partial charge in [0, 0.05) is 25.5 Å². The Bertz CT molecular complexity index is 1310. The summed E-state index contributed by atoms with van der Waals surface area (Å²) >= 11 is 0. The van der Waals surface area contributed by atoms with Crippen molar-refractivity contribution in [3.8, 4) is 5.75 Å². The molecule has 0 unspecified atom stereocenters. The van der Waals surface area contributed by atoms with Gasteiger partial charge in [0.05, 0.1) is 18.4 Å². The minimum Gasteiger partial charge on any atom is -0.495 e. The maximum Gasteiger partial charge on any atom is 0.282 e. The highest BCUT2D eigenvalue weighted by Crippen LogP contribution is 2.38. The van der Waals surface area contributed by atoms with Gasteiger partial charge in [0.15, 0.2) is 0 Å². The molecule has 1 heterocycles.